The number of aliphatic hydroxyl groups is 1. The van der Waals surface area contributed by atoms with Crippen LogP contribution in [0.5, 0.6) is 0 Å². The van der Waals surface area contributed by atoms with Crippen molar-refractivity contribution in [1.82, 2.24) is 14.8 Å². The van der Waals surface area contributed by atoms with E-state index in [1.165, 1.54) is 6.07 Å². The van der Waals surface area contributed by atoms with Crippen LogP contribution in [-0.2, 0) is 11.3 Å². The zero-order valence-corrected chi connectivity index (χ0v) is 18.3. The lowest BCUT2D eigenvalue weighted by molar-refractivity contribution is -0.128. The molecule has 4 atom stereocenters. The molecule has 1 saturated heterocycles. The van der Waals surface area contributed by atoms with E-state index < -0.39 is 11.9 Å². The summed E-state index contributed by atoms with van der Waals surface area (Å²) in [6.07, 6.45) is 4.31. The number of carbonyl (C=O) groups is 1. The number of likely N-dealkylation sites (N-methyl/N-ethyl adjacent to an activating group) is 1. The summed E-state index contributed by atoms with van der Waals surface area (Å²) in [7, 11) is 0. The lowest BCUT2D eigenvalue weighted by atomic mass is 9.88. The number of pyridine rings is 1. The molecule has 3 heterocycles. The highest BCUT2D eigenvalue weighted by atomic mass is 19.1. The molecule has 3 aliphatic rings. The van der Waals surface area contributed by atoms with E-state index in [1.807, 2.05) is 13.0 Å². The number of amides is 1. The largest absolute Gasteiger partial charge is 0.396 e. The Morgan fingerprint density at radius 1 is 1.16 bits per heavy atom. The summed E-state index contributed by atoms with van der Waals surface area (Å²) in [4.78, 5) is 28.7. The molecule has 1 saturated carbocycles. The van der Waals surface area contributed by atoms with Gasteiger partial charge in [0.25, 0.3) is 5.56 Å². The van der Waals surface area contributed by atoms with Crippen LogP contribution in [0.3, 0.4) is 0 Å². The minimum absolute atomic E-state index is 0.0101. The van der Waals surface area contributed by atoms with Crippen LogP contribution in [0, 0.1) is 17.7 Å². The number of aliphatic hydroxyl groups excluding tert-OH is 1. The number of likely N-dealkylation sites (tertiary alicyclic amines) is 1. The van der Waals surface area contributed by atoms with Gasteiger partial charge in [0.1, 0.15) is 5.82 Å². The monoisotopic (exact) mass is 439 g/mol. The summed E-state index contributed by atoms with van der Waals surface area (Å²) in [6.45, 7) is 2.98. The maximum Gasteiger partial charge on any atom is 0.258 e. The van der Waals surface area contributed by atoms with E-state index in [2.05, 4.69) is 10.2 Å². The van der Waals surface area contributed by atoms with Crippen molar-refractivity contribution in [3.8, 4) is 11.1 Å². The molecule has 0 bridgehead atoms. The number of benzene rings is 1. The third-order valence-electron chi connectivity index (χ3n) is 7.69. The zero-order valence-electron chi connectivity index (χ0n) is 18.3. The van der Waals surface area contributed by atoms with Crippen molar-refractivity contribution in [2.24, 2.45) is 11.8 Å². The molecule has 7 heteroatoms. The fourth-order valence-corrected chi connectivity index (χ4v) is 6.22. The Bertz CT molecular complexity index is 1080. The third-order valence-corrected chi connectivity index (χ3v) is 7.69. The number of aromatic nitrogens is 1. The number of fused-ring (bicyclic) bond motifs is 3. The van der Waals surface area contributed by atoms with Crippen LogP contribution >= 0.6 is 0 Å². The fourth-order valence-electron chi connectivity index (χ4n) is 6.22. The van der Waals surface area contributed by atoms with E-state index in [1.54, 1.807) is 28.8 Å². The van der Waals surface area contributed by atoms with Crippen LogP contribution in [-0.4, -0.2) is 45.7 Å². The number of halogens is 1. The second-order valence-corrected chi connectivity index (χ2v) is 9.29. The molecule has 170 valence electrons. The molecule has 32 heavy (non-hydrogen) atoms. The van der Waals surface area contributed by atoms with Crippen LogP contribution < -0.4 is 10.9 Å². The molecule has 0 spiro atoms. The van der Waals surface area contributed by atoms with Crippen molar-refractivity contribution in [2.45, 2.75) is 57.3 Å². The Balaban J connectivity index is 1.50. The molecule has 1 amide bonds. The first kappa shape index (κ1) is 21.3. The minimum Gasteiger partial charge on any atom is -0.396 e. The fraction of sp³-hybridized carbons (Fsp3) is 0.520. The lowest BCUT2D eigenvalue weighted by Gasteiger charge is -2.30. The van der Waals surface area contributed by atoms with Crippen molar-refractivity contribution in [3.05, 3.63) is 58.3 Å². The van der Waals surface area contributed by atoms with Crippen LogP contribution in [0.25, 0.3) is 11.1 Å². The van der Waals surface area contributed by atoms with Crippen molar-refractivity contribution in [3.63, 3.8) is 0 Å². The Kier molecular flexibility index (Phi) is 5.63. The van der Waals surface area contributed by atoms with Gasteiger partial charge in [-0.05, 0) is 37.6 Å². The molecule has 6 nitrogen and oxygen atoms in total. The molecule has 1 aliphatic carbocycles. The smallest absolute Gasteiger partial charge is 0.258 e. The van der Waals surface area contributed by atoms with E-state index in [-0.39, 0.29) is 42.0 Å². The van der Waals surface area contributed by atoms with Crippen LogP contribution in [0.4, 0.5) is 4.39 Å². The zero-order chi connectivity index (χ0) is 22.4. The molecule has 1 aromatic heterocycles. The molecular weight excluding hydrogens is 409 g/mol. The summed E-state index contributed by atoms with van der Waals surface area (Å²) >= 11 is 0. The maximum absolute atomic E-state index is 14.3. The summed E-state index contributed by atoms with van der Waals surface area (Å²) < 4.78 is 16.1. The van der Waals surface area contributed by atoms with Gasteiger partial charge in [-0.1, -0.05) is 38.0 Å². The Morgan fingerprint density at radius 3 is 2.59 bits per heavy atom. The lowest BCUT2D eigenvalue weighted by Crippen LogP contribution is -2.50. The number of nitrogens with one attached hydrogen (secondary N) is 1. The molecule has 2 aliphatic heterocycles. The molecule has 0 unspecified atom stereocenters. The van der Waals surface area contributed by atoms with Crippen molar-refractivity contribution >= 4 is 5.91 Å². The van der Waals surface area contributed by atoms with E-state index in [0.29, 0.717) is 24.2 Å². The molecule has 1 aromatic carbocycles. The van der Waals surface area contributed by atoms with Gasteiger partial charge in [0, 0.05) is 42.3 Å². The number of rotatable bonds is 5. The first-order valence-electron chi connectivity index (χ1n) is 11.7. The van der Waals surface area contributed by atoms with E-state index >= 15 is 0 Å². The van der Waals surface area contributed by atoms with Gasteiger partial charge < -0.3 is 15.0 Å². The second-order valence-electron chi connectivity index (χ2n) is 9.29. The van der Waals surface area contributed by atoms with Crippen molar-refractivity contribution in [1.29, 1.82) is 0 Å². The second kappa shape index (κ2) is 8.45. The Morgan fingerprint density at radius 2 is 1.91 bits per heavy atom. The van der Waals surface area contributed by atoms with Crippen molar-refractivity contribution in [2.75, 3.05) is 13.2 Å². The molecule has 0 radical (unpaired) electrons. The van der Waals surface area contributed by atoms with E-state index in [9.17, 15) is 19.1 Å². The molecular formula is C25H30FN3O3. The third kappa shape index (κ3) is 3.30. The molecule has 2 N–H and O–H groups in total. The number of nitrogens with zero attached hydrogens (tertiary/aromatic N) is 2. The van der Waals surface area contributed by atoms with Gasteiger partial charge in [-0.15, -0.1) is 0 Å². The predicted octanol–water partition coefficient (Wildman–Crippen LogP) is 2.70. The normalized spacial score (nSPS) is 27.5. The maximum atomic E-state index is 14.3. The topological polar surface area (TPSA) is 74.6 Å². The Labute approximate surface area is 187 Å². The summed E-state index contributed by atoms with van der Waals surface area (Å²) in [5.74, 6) is -0.722. The number of hydrogen-bond acceptors (Lipinski definition) is 4. The van der Waals surface area contributed by atoms with Gasteiger partial charge in [-0.2, -0.15) is 0 Å². The SMILES string of the molecule is CCN1[C@@H]2c3ccc(-c4ccccc4F)c(=O)n3C[C@@H]2[C@@H](CO)[C@@H]1C(=O)NC1CCCC1. The highest BCUT2D eigenvalue weighted by Gasteiger charge is 2.55. The number of hydrogen-bond donors (Lipinski definition) is 2. The van der Waals surface area contributed by atoms with Gasteiger partial charge in [-0.3, -0.25) is 14.5 Å². The average molecular weight is 440 g/mol. The molecule has 2 aromatic rings. The van der Waals surface area contributed by atoms with Gasteiger partial charge in [0.2, 0.25) is 5.91 Å². The first-order chi connectivity index (χ1) is 15.5. The quantitative estimate of drug-likeness (QED) is 0.751. The summed E-state index contributed by atoms with van der Waals surface area (Å²) in [5, 5.41) is 13.5. The van der Waals surface area contributed by atoms with Crippen LogP contribution in [0.15, 0.2) is 41.2 Å². The van der Waals surface area contributed by atoms with Gasteiger partial charge in [0.05, 0.1) is 17.6 Å². The van der Waals surface area contributed by atoms with Crippen LogP contribution in [0.2, 0.25) is 0 Å². The summed E-state index contributed by atoms with van der Waals surface area (Å²) in [5.41, 5.74) is 1.26. The van der Waals surface area contributed by atoms with E-state index in [4.69, 9.17) is 0 Å². The van der Waals surface area contributed by atoms with E-state index in [0.717, 1.165) is 31.4 Å². The highest BCUT2D eigenvalue weighted by molar-refractivity contribution is 5.83. The standard InChI is InChI=1S/C25H30FN3O3/c1-2-28-22-18(19(14-30)23(28)24(31)27-15-7-3-4-8-15)13-29-21(22)12-11-17(25(29)32)16-9-5-6-10-20(16)26/h5-6,9-12,15,18-19,22-23,30H,2-4,7-8,13-14H2,1H3,(H,27,31)/t18-,19-,22+,23-/m1/s1. The average Bonchev–Trinajstić information content (AvgIpc) is 3.49. The van der Waals surface area contributed by atoms with Gasteiger partial charge in [-0.25, -0.2) is 4.39 Å². The van der Waals surface area contributed by atoms with Crippen LogP contribution in [0.1, 0.15) is 44.3 Å². The number of carbonyl (C=O) groups excluding carboxylic acids is 1. The van der Waals surface area contributed by atoms with Gasteiger partial charge in [0.15, 0.2) is 0 Å². The first-order valence-corrected chi connectivity index (χ1v) is 11.7. The Hall–Kier alpha value is -2.51. The summed E-state index contributed by atoms with van der Waals surface area (Å²) in [6, 6.07) is 9.59. The van der Waals surface area contributed by atoms with Gasteiger partial charge >= 0.3 is 0 Å². The minimum atomic E-state index is -0.421. The predicted molar refractivity (Wildman–Crippen MR) is 119 cm³/mol. The molecule has 5 rings (SSSR count). The molecule has 2 fully saturated rings. The van der Waals surface area contributed by atoms with Crippen molar-refractivity contribution < 1.29 is 14.3 Å². The highest BCUT2D eigenvalue weighted by Crippen LogP contribution is 2.49.